The van der Waals surface area contributed by atoms with E-state index < -0.39 is 0 Å². The van der Waals surface area contributed by atoms with Gasteiger partial charge in [0.2, 0.25) is 0 Å². The van der Waals surface area contributed by atoms with Crippen LogP contribution in [0.25, 0.3) is 27.8 Å². The Hall–Kier alpha value is -4.21. The summed E-state index contributed by atoms with van der Waals surface area (Å²) in [5.41, 5.74) is 2.86. The molecule has 2 aromatic heterocycles. The van der Waals surface area contributed by atoms with E-state index in [9.17, 15) is 4.79 Å². The average molecular weight is 518 g/mol. The van der Waals surface area contributed by atoms with E-state index in [1.54, 1.807) is 17.7 Å². The fourth-order valence-corrected chi connectivity index (χ4v) is 3.96. The van der Waals surface area contributed by atoms with Crippen molar-refractivity contribution in [3.8, 4) is 17.1 Å². The lowest BCUT2D eigenvalue weighted by molar-refractivity contribution is 0.0951. The summed E-state index contributed by atoms with van der Waals surface area (Å²) in [4.78, 5) is 14.7. The summed E-state index contributed by atoms with van der Waals surface area (Å²) in [5, 5.41) is 21.9. The zero-order valence-corrected chi connectivity index (χ0v) is 21.6. The van der Waals surface area contributed by atoms with Crippen LogP contribution in [0.1, 0.15) is 10.4 Å². The molecule has 0 unspecified atom stereocenters. The number of hydrogen-bond acceptors (Lipinski definition) is 7. The maximum Gasteiger partial charge on any atom is 0.251 e. The first-order valence-corrected chi connectivity index (χ1v) is 11.6. The number of likely N-dealkylation sites (N-methyl/N-ethyl adjacent to an activating group) is 1. The Balaban J connectivity index is 0.00000320. The number of amides is 1. The lowest BCUT2D eigenvalue weighted by Crippen LogP contribution is -2.31. The molecule has 2 heterocycles. The number of benzene rings is 3. The molecule has 0 radical (unpaired) electrons. The third-order valence-corrected chi connectivity index (χ3v) is 5.84. The van der Waals surface area contributed by atoms with Gasteiger partial charge in [-0.25, -0.2) is 0 Å². The van der Waals surface area contributed by atoms with E-state index in [1.807, 2.05) is 85.7 Å². The van der Waals surface area contributed by atoms with Gasteiger partial charge < -0.3 is 20.3 Å². The van der Waals surface area contributed by atoms with Crippen LogP contribution < -0.4 is 15.4 Å². The highest BCUT2D eigenvalue weighted by atomic mass is 35.5. The summed E-state index contributed by atoms with van der Waals surface area (Å²) in [6.07, 6.45) is 0. The van der Waals surface area contributed by atoms with Crippen molar-refractivity contribution in [1.82, 2.24) is 30.0 Å². The van der Waals surface area contributed by atoms with Gasteiger partial charge in [-0.05, 0) is 56.6 Å². The molecule has 0 aliphatic heterocycles. The Morgan fingerprint density at radius 1 is 0.973 bits per heavy atom. The van der Waals surface area contributed by atoms with Crippen LogP contribution >= 0.6 is 12.4 Å². The maximum atomic E-state index is 12.6. The number of hydrogen-bond donors (Lipinski definition) is 2. The number of fused-ring (bicyclic) bond motifs is 3. The SMILES string of the molecule is COc1ccc(-c2nnc3c4ccccc4c(Nc4cccc(C(=O)NCCN(C)C)c4)nn23)cc1.Cl. The van der Waals surface area contributed by atoms with Crippen LogP contribution in [0.15, 0.2) is 72.8 Å². The number of halogens is 1. The van der Waals surface area contributed by atoms with Gasteiger partial charge in [-0.2, -0.15) is 4.52 Å². The van der Waals surface area contributed by atoms with Gasteiger partial charge in [0.1, 0.15) is 5.75 Å². The van der Waals surface area contributed by atoms with Crippen LogP contribution in [0.5, 0.6) is 5.75 Å². The van der Waals surface area contributed by atoms with Gasteiger partial charge in [-0.3, -0.25) is 4.79 Å². The molecule has 5 aromatic rings. The standard InChI is InChI=1S/C27H27N7O2.ClH/c1-33(2)16-15-28-27(35)19-7-6-8-20(17-19)29-24-22-9-4-5-10-23(22)26-31-30-25(34(26)32-24)18-11-13-21(36-3)14-12-18;/h4-14,17H,15-16H2,1-3H3,(H,28,35)(H,29,32);1H. The van der Waals surface area contributed by atoms with Gasteiger partial charge in [0, 0.05) is 40.7 Å². The van der Waals surface area contributed by atoms with Crippen molar-refractivity contribution in [3.63, 3.8) is 0 Å². The third-order valence-electron chi connectivity index (χ3n) is 5.84. The van der Waals surface area contributed by atoms with Gasteiger partial charge in [-0.15, -0.1) is 27.7 Å². The number of nitrogens with one attached hydrogen (secondary N) is 2. The van der Waals surface area contributed by atoms with Crippen LogP contribution in [0.2, 0.25) is 0 Å². The van der Waals surface area contributed by atoms with Crippen molar-refractivity contribution in [2.75, 3.05) is 39.6 Å². The number of nitrogens with zero attached hydrogens (tertiary/aromatic N) is 5. The first kappa shape index (κ1) is 25.9. The highest BCUT2D eigenvalue weighted by Crippen LogP contribution is 2.30. The summed E-state index contributed by atoms with van der Waals surface area (Å²) < 4.78 is 7.02. The van der Waals surface area contributed by atoms with Crippen molar-refractivity contribution in [1.29, 1.82) is 0 Å². The molecule has 0 bridgehead atoms. The molecule has 0 saturated heterocycles. The number of carbonyl (C=O) groups excluding carboxylic acids is 1. The lowest BCUT2D eigenvalue weighted by atomic mass is 10.1. The summed E-state index contributed by atoms with van der Waals surface area (Å²) in [5.74, 6) is 1.90. The van der Waals surface area contributed by atoms with E-state index in [-0.39, 0.29) is 18.3 Å². The number of anilines is 2. The monoisotopic (exact) mass is 517 g/mol. The molecule has 2 N–H and O–H groups in total. The summed E-state index contributed by atoms with van der Waals surface area (Å²) in [7, 11) is 5.58. The molecular formula is C27H28ClN7O2. The van der Waals surface area contributed by atoms with Crippen LogP contribution in [0.3, 0.4) is 0 Å². The van der Waals surface area contributed by atoms with Crippen molar-refractivity contribution in [2.45, 2.75) is 0 Å². The molecule has 5 rings (SSSR count). The lowest BCUT2D eigenvalue weighted by Gasteiger charge is -2.13. The molecule has 9 nitrogen and oxygen atoms in total. The third kappa shape index (κ3) is 5.47. The maximum absolute atomic E-state index is 12.6. The van der Waals surface area contributed by atoms with Crippen molar-refractivity contribution in [3.05, 3.63) is 78.4 Å². The highest BCUT2D eigenvalue weighted by molar-refractivity contribution is 6.01. The molecule has 1 amide bonds. The summed E-state index contributed by atoms with van der Waals surface area (Å²) >= 11 is 0. The van der Waals surface area contributed by atoms with Gasteiger partial charge in [0.15, 0.2) is 17.3 Å². The van der Waals surface area contributed by atoms with Gasteiger partial charge in [-0.1, -0.05) is 30.3 Å². The summed E-state index contributed by atoms with van der Waals surface area (Å²) in [6, 6.07) is 22.9. The molecular weight excluding hydrogens is 490 g/mol. The normalized spacial score (nSPS) is 10.9. The second-order valence-corrected chi connectivity index (χ2v) is 8.65. The predicted octanol–water partition coefficient (Wildman–Crippen LogP) is 4.41. The largest absolute Gasteiger partial charge is 0.497 e. The zero-order valence-electron chi connectivity index (χ0n) is 20.8. The Kier molecular flexibility index (Phi) is 7.86. The fraction of sp³-hybridized carbons (Fsp3) is 0.185. The predicted molar refractivity (Wildman–Crippen MR) is 148 cm³/mol. The molecule has 10 heteroatoms. The molecule has 3 aromatic carbocycles. The quantitative estimate of drug-likeness (QED) is 0.314. The zero-order chi connectivity index (χ0) is 25.1. The molecule has 37 heavy (non-hydrogen) atoms. The fourth-order valence-electron chi connectivity index (χ4n) is 3.96. The van der Waals surface area contributed by atoms with Crippen LogP contribution in [-0.4, -0.2) is 64.9 Å². The molecule has 190 valence electrons. The van der Waals surface area contributed by atoms with Crippen LogP contribution in [0.4, 0.5) is 11.5 Å². The number of ether oxygens (including phenoxy) is 1. The van der Waals surface area contributed by atoms with E-state index in [2.05, 4.69) is 20.8 Å². The van der Waals surface area contributed by atoms with Gasteiger partial charge in [0.05, 0.1) is 7.11 Å². The number of rotatable bonds is 8. The minimum absolute atomic E-state index is 0. The molecule has 0 aliphatic rings. The Labute approximate surface area is 220 Å². The van der Waals surface area contributed by atoms with Gasteiger partial charge in [0.25, 0.3) is 5.91 Å². The van der Waals surface area contributed by atoms with Crippen molar-refractivity contribution < 1.29 is 9.53 Å². The van der Waals surface area contributed by atoms with Gasteiger partial charge >= 0.3 is 0 Å². The van der Waals surface area contributed by atoms with E-state index in [0.29, 0.717) is 29.4 Å². The summed E-state index contributed by atoms with van der Waals surface area (Å²) in [6.45, 7) is 1.35. The van der Waals surface area contributed by atoms with Crippen LogP contribution in [0, 0.1) is 0 Å². The number of methoxy groups -OCH3 is 1. The molecule has 0 spiro atoms. The Bertz CT molecular complexity index is 1530. The van der Waals surface area contributed by atoms with Crippen molar-refractivity contribution in [2.24, 2.45) is 0 Å². The number of aromatic nitrogens is 4. The first-order valence-electron chi connectivity index (χ1n) is 11.6. The highest BCUT2D eigenvalue weighted by Gasteiger charge is 2.16. The second-order valence-electron chi connectivity index (χ2n) is 8.65. The minimum Gasteiger partial charge on any atom is -0.497 e. The van der Waals surface area contributed by atoms with Crippen LogP contribution in [-0.2, 0) is 0 Å². The average Bonchev–Trinajstić information content (AvgIpc) is 3.33. The van der Waals surface area contributed by atoms with E-state index in [0.717, 1.165) is 34.3 Å². The topological polar surface area (TPSA) is 96.7 Å². The van der Waals surface area contributed by atoms with E-state index in [4.69, 9.17) is 9.84 Å². The second kappa shape index (κ2) is 11.2. The Morgan fingerprint density at radius 2 is 1.73 bits per heavy atom. The van der Waals surface area contributed by atoms with E-state index in [1.165, 1.54) is 0 Å². The smallest absolute Gasteiger partial charge is 0.251 e. The molecule has 0 saturated carbocycles. The van der Waals surface area contributed by atoms with E-state index >= 15 is 0 Å². The first-order chi connectivity index (χ1) is 17.5. The molecule has 0 fully saturated rings. The number of carbonyl (C=O) groups is 1. The molecule has 0 aliphatic carbocycles. The molecule has 0 atom stereocenters. The Morgan fingerprint density at radius 3 is 2.46 bits per heavy atom. The van der Waals surface area contributed by atoms with Crippen molar-refractivity contribution >= 4 is 46.2 Å². The minimum atomic E-state index is -0.116.